The zero-order valence-electron chi connectivity index (χ0n) is 10.9. The van der Waals surface area contributed by atoms with Gasteiger partial charge in [-0.15, -0.1) is 0 Å². The lowest BCUT2D eigenvalue weighted by atomic mass is 10.4. The Balaban J connectivity index is 3.76. The molecule has 6 nitrogen and oxygen atoms in total. The summed E-state index contributed by atoms with van der Waals surface area (Å²) in [4.78, 5) is 14.1. The number of ether oxygens (including phenoxy) is 1. The van der Waals surface area contributed by atoms with E-state index in [1.807, 2.05) is 0 Å². The summed E-state index contributed by atoms with van der Waals surface area (Å²) in [6.07, 6.45) is 0.643. The van der Waals surface area contributed by atoms with Gasteiger partial charge in [-0.1, -0.05) is 6.58 Å². The van der Waals surface area contributed by atoms with Crippen LogP contribution in [0.3, 0.4) is 0 Å². The molecule has 0 aromatic carbocycles. The first-order chi connectivity index (χ1) is 8.01. The van der Waals surface area contributed by atoms with Crippen molar-refractivity contribution in [1.82, 2.24) is 4.98 Å². The van der Waals surface area contributed by atoms with Gasteiger partial charge in [-0.05, 0) is 19.9 Å². The molecule has 1 N–H and O–H groups in total. The predicted octanol–water partition coefficient (Wildman–Crippen LogP) is 0.460. The summed E-state index contributed by atoms with van der Waals surface area (Å²) >= 11 is 0. The highest BCUT2D eigenvalue weighted by atomic mass is 28.4. The first-order valence-electron chi connectivity index (χ1n) is 5.24. The Hall–Kier alpha value is -0.733. The van der Waals surface area contributed by atoms with Crippen molar-refractivity contribution in [2.75, 3.05) is 34.5 Å². The smallest absolute Gasteiger partial charge is 0.462 e. The fourth-order valence-corrected chi connectivity index (χ4v) is 2.48. The Labute approximate surface area is 103 Å². The third kappa shape index (κ3) is 5.94. The minimum absolute atomic E-state index is 0.320. The van der Waals surface area contributed by atoms with Crippen molar-refractivity contribution in [1.29, 1.82) is 0 Å². The van der Waals surface area contributed by atoms with Gasteiger partial charge in [0.2, 0.25) is 0 Å². The molecule has 0 aromatic heterocycles. The van der Waals surface area contributed by atoms with E-state index in [9.17, 15) is 4.79 Å². The SMILES string of the molecule is C=C(C)C(=O)OCCCN[Si](OC)(OC)OC. The van der Waals surface area contributed by atoms with E-state index in [0.717, 1.165) is 0 Å². The van der Waals surface area contributed by atoms with Crippen molar-refractivity contribution in [3.05, 3.63) is 12.2 Å². The molecule has 0 bridgehead atoms. The summed E-state index contributed by atoms with van der Waals surface area (Å²) in [5.41, 5.74) is 0.396. The third-order valence-corrected chi connectivity index (χ3v) is 4.35. The van der Waals surface area contributed by atoms with E-state index in [0.29, 0.717) is 25.1 Å². The Kier molecular flexibility index (Phi) is 8.01. The Morgan fingerprint density at radius 3 is 2.18 bits per heavy atom. The molecule has 0 aliphatic carbocycles. The molecule has 0 heterocycles. The number of carbonyl (C=O) groups is 1. The minimum atomic E-state index is -2.72. The van der Waals surface area contributed by atoms with Gasteiger partial charge in [-0.2, -0.15) is 0 Å². The van der Waals surface area contributed by atoms with Gasteiger partial charge in [0.1, 0.15) is 0 Å². The van der Waals surface area contributed by atoms with Gasteiger partial charge in [0, 0.05) is 26.9 Å². The van der Waals surface area contributed by atoms with Crippen LogP contribution >= 0.6 is 0 Å². The minimum Gasteiger partial charge on any atom is -0.462 e. The number of hydrogen-bond acceptors (Lipinski definition) is 6. The summed E-state index contributed by atoms with van der Waals surface area (Å²) in [7, 11) is 1.84. The molecule has 0 spiro atoms. The fourth-order valence-electron chi connectivity index (χ4n) is 1.07. The monoisotopic (exact) mass is 263 g/mol. The molecule has 7 heteroatoms. The second-order valence-electron chi connectivity index (χ2n) is 3.37. The van der Waals surface area contributed by atoms with Crippen molar-refractivity contribution in [2.45, 2.75) is 13.3 Å². The van der Waals surface area contributed by atoms with Gasteiger partial charge < -0.3 is 18.0 Å². The molecule has 0 fully saturated rings. The molecule has 0 atom stereocenters. The van der Waals surface area contributed by atoms with Crippen LogP contribution in [0, 0.1) is 0 Å². The summed E-state index contributed by atoms with van der Waals surface area (Å²) in [6.45, 7) is 5.99. The van der Waals surface area contributed by atoms with E-state index >= 15 is 0 Å². The predicted molar refractivity (Wildman–Crippen MR) is 65.2 cm³/mol. The lowest BCUT2D eigenvalue weighted by Crippen LogP contribution is -2.57. The molecule has 0 unspecified atom stereocenters. The molecule has 17 heavy (non-hydrogen) atoms. The molecule has 0 aromatic rings. The van der Waals surface area contributed by atoms with Gasteiger partial charge in [-0.25, -0.2) is 4.79 Å². The van der Waals surface area contributed by atoms with Crippen LogP contribution in [-0.2, 0) is 22.8 Å². The molecular formula is C10H21NO5Si. The maximum absolute atomic E-state index is 11.1. The van der Waals surface area contributed by atoms with Crippen LogP contribution in [0.2, 0.25) is 0 Å². The van der Waals surface area contributed by atoms with Crippen molar-refractivity contribution < 1.29 is 22.8 Å². The fraction of sp³-hybridized carbons (Fsp3) is 0.700. The van der Waals surface area contributed by atoms with E-state index in [1.54, 1.807) is 6.92 Å². The van der Waals surface area contributed by atoms with Crippen LogP contribution in [0.1, 0.15) is 13.3 Å². The summed E-state index contributed by atoms with van der Waals surface area (Å²) in [5.74, 6) is -0.376. The van der Waals surface area contributed by atoms with Crippen molar-refractivity contribution >= 4 is 14.9 Å². The van der Waals surface area contributed by atoms with Gasteiger partial charge in [0.15, 0.2) is 0 Å². The van der Waals surface area contributed by atoms with Gasteiger partial charge >= 0.3 is 14.9 Å². The molecule has 0 saturated carbocycles. The van der Waals surface area contributed by atoms with Crippen LogP contribution < -0.4 is 4.98 Å². The van der Waals surface area contributed by atoms with E-state index in [-0.39, 0.29) is 5.97 Å². The quantitative estimate of drug-likeness (QED) is 0.282. The third-order valence-electron chi connectivity index (χ3n) is 2.05. The molecule has 0 radical (unpaired) electrons. The lowest BCUT2D eigenvalue weighted by molar-refractivity contribution is -0.138. The van der Waals surface area contributed by atoms with E-state index < -0.39 is 8.97 Å². The molecular weight excluding hydrogens is 242 g/mol. The molecule has 0 aliphatic heterocycles. The van der Waals surface area contributed by atoms with Gasteiger partial charge in [-0.3, -0.25) is 4.98 Å². The number of esters is 1. The second-order valence-corrected chi connectivity index (χ2v) is 6.06. The van der Waals surface area contributed by atoms with Crippen LogP contribution in [0.4, 0.5) is 0 Å². The first kappa shape index (κ1) is 16.3. The van der Waals surface area contributed by atoms with Crippen LogP contribution in [0.25, 0.3) is 0 Å². The Bertz CT molecular complexity index is 247. The molecule has 0 rings (SSSR count). The van der Waals surface area contributed by atoms with E-state index in [1.165, 1.54) is 21.3 Å². The largest absolute Gasteiger partial charge is 0.595 e. The number of hydrogen-bond donors (Lipinski definition) is 1. The van der Waals surface area contributed by atoms with E-state index in [2.05, 4.69) is 11.6 Å². The maximum atomic E-state index is 11.1. The Morgan fingerprint density at radius 1 is 1.24 bits per heavy atom. The molecule has 0 amide bonds. The highest BCUT2D eigenvalue weighted by Gasteiger charge is 2.38. The van der Waals surface area contributed by atoms with Crippen LogP contribution in [-0.4, -0.2) is 49.4 Å². The molecule has 0 saturated heterocycles. The zero-order chi connectivity index (χ0) is 13.3. The first-order valence-corrected chi connectivity index (χ1v) is 6.97. The number of rotatable bonds is 9. The van der Waals surface area contributed by atoms with E-state index in [4.69, 9.17) is 18.0 Å². The number of carbonyl (C=O) groups excluding carboxylic acids is 1. The normalized spacial score (nSPS) is 11.3. The topological polar surface area (TPSA) is 66.0 Å². The summed E-state index contributed by atoms with van der Waals surface area (Å²) in [5, 5.41) is 0. The van der Waals surface area contributed by atoms with Gasteiger partial charge in [0.05, 0.1) is 6.61 Å². The summed E-state index contributed by atoms with van der Waals surface area (Å²) < 4.78 is 20.4. The second kappa shape index (κ2) is 8.37. The van der Waals surface area contributed by atoms with Crippen LogP contribution in [0.5, 0.6) is 0 Å². The number of nitrogens with one attached hydrogen (secondary N) is 1. The lowest BCUT2D eigenvalue weighted by Gasteiger charge is -2.24. The van der Waals surface area contributed by atoms with Crippen molar-refractivity contribution in [3.63, 3.8) is 0 Å². The van der Waals surface area contributed by atoms with Crippen molar-refractivity contribution in [3.8, 4) is 0 Å². The molecule has 100 valence electrons. The summed E-state index contributed by atoms with van der Waals surface area (Å²) in [6, 6.07) is 0. The highest BCUT2D eigenvalue weighted by molar-refractivity contribution is 6.57. The average Bonchev–Trinajstić information content (AvgIpc) is 2.34. The average molecular weight is 263 g/mol. The molecule has 0 aliphatic rings. The highest BCUT2D eigenvalue weighted by Crippen LogP contribution is 2.01. The maximum Gasteiger partial charge on any atom is 0.595 e. The van der Waals surface area contributed by atoms with Gasteiger partial charge in [0.25, 0.3) is 0 Å². The van der Waals surface area contributed by atoms with Crippen molar-refractivity contribution in [2.24, 2.45) is 0 Å². The zero-order valence-corrected chi connectivity index (χ0v) is 11.9. The Morgan fingerprint density at radius 2 is 1.76 bits per heavy atom. The standard InChI is InChI=1S/C10H21NO5Si/c1-9(2)10(12)16-8-6-7-11-17(13-3,14-4)15-5/h11H,1,6-8H2,2-5H3. The van der Waals surface area contributed by atoms with Crippen LogP contribution in [0.15, 0.2) is 12.2 Å².